The second-order valence-electron chi connectivity index (χ2n) is 10.4. The van der Waals surface area contributed by atoms with Gasteiger partial charge in [-0.1, -0.05) is 30.3 Å². The van der Waals surface area contributed by atoms with Gasteiger partial charge in [0.25, 0.3) is 0 Å². The zero-order chi connectivity index (χ0) is 34.0. The molecule has 2 fully saturated rings. The molecule has 16 nitrogen and oxygen atoms in total. The Hall–Kier alpha value is -4.12. The molecule has 2 heterocycles. The highest BCUT2D eigenvalue weighted by Gasteiger charge is 2.56. The number of carbonyl (C=O) groups excluding carboxylic acids is 6. The van der Waals surface area contributed by atoms with Gasteiger partial charge in [0.05, 0.1) is 13.2 Å². The van der Waals surface area contributed by atoms with Gasteiger partial charge in [0.15, 0.2) is 43.1 Å². The number of rotatable bonds is 12. The van der Waals surface area contributed by atoms with Crippen LogP contribution < -0.4 is 0 Å². The highest BCUT2D eigenvalue weighted by atomic mass is 16.8. The number of esters is 6. The van der Waals surface area contributed by atoms with Crippen molar-refractivity contribution >= 4 is 35.8 Å². The molecule has 1 aromatic carbocycles. The minimum absolute atomic E-state index is 0.0350. The Bertz CT molecular complexity index is 1230. The SMILES string of the molecule is CC(=O)OC[C@H]1O[C@@H](O[C@@H]2[C@@H](OC(C)=O)[C@H](OCc3ccccc3)OC[C@H]2OC(C)=O)[C@H](OC(C)=O)[C@@H](OC(C)=O)[C@H]1OC(C)=O. The molecule has 3 rings (SSSR count). The summed E-state index contributed by atoms with van der Waals surface area (Å²) in [7, 11) is 0. The van der Waals surface area contributed by atoms with Crippen molar-refractivity contribution < 1.29 is 76.1 Å². The number of benzene rings is 1. The van der Waals surface area contributed by atoms with Crippen molar-refractivity contribution in [1.29, 1.82) is 0 Å². The maximum atomic E-state index is 12.3. The molecule has 0 unspecified atom stereocenters. The van der Waals surface area contributed by atoms with Gasteiger partial charge in [0.2, 0.25) is 0 Å². The van der Waals surface area contributed by atoms with Crippen molar-refractivity contribution in [3.05, 3.63) is 35.9 Å². The third-order valence-corrected chi connectivity index (χ3v) is 6.50. The number of ether oxygens (including phenoxy) is 10. The first-order chi connectivity index (χ1) is 21.7. The summed E-state index contributed by atoms with van der Waals surface area (Å²) >= 11 is 0. The Kier molecular flexibility index (Phi) is 13.4. The Morgan fingerprint density at radius 1 is 0.630 bits per heavy atom. The molecular formula is C30H38O16. The van der Waals surface area contributed by atoms with Gasteiger partial charge in [-0.05, 0) is 5.56 Å². The first kappa shape index (κ1) is 36.3. The standard InChI is InChI=1S/C30H38O16/c1-15(31)37-13-23-24(41-17(3)33)26(42-18(4)34)28(44-20(6)36)30(45-23)46-25-22(40-16(2)32)14-39-29(27(25)43-19(5)35)38-12-21-10-8-7-9-11-21/h7-11,22-30H,12-14H2,1-6H3/t22-,23-,24+,25+,26+,27-,28-,29-,30+/m1/s1. The van der Waals surface area contributed by atoms with Crippen molar-refractivity contribution in [2.24, 2.45) is 0 Å². The second kappa shape index (κ2) is 17.0. The van der Waals surface area contributed by atoms with Crippen LogP contribution in [-0.2, 0) is 82.7 Å². The molecular weight excluding hydrogens is 616 g/mol. The first-order valence-electron chi connectivity index (χ1n) is 14.3. The predicted octanol–water partition coefficient (Wildman–Crippen LogP) is 0.891. The molecule has 16 heteroatoms. The topological polar surface area (TPSA) is 195 Å². The fourth-order valence-corrected chi connectivity index (χ4v) is 4.89. The number of carbonyl (C=O) groups is 6. The van der Waals surface area contributed by atoms with Crippen LogP contribution in [0, 0.1) is 0 Å². The maximum absolute atomic E-state index is 12.3. The molecule has 0 amide bonds. The van der Waals surface area contributed by atoms with Crippen LogP contribution in [0.3, 0.4) is 0 Å². The van der Waals surface area contributed by atoms with Gasteiger partial charge < -0.3 is 47.4 Å². The summed E-state index contributed by atoms with van der Waals surface area (Å²) in [5.41, 5.74) is 0.770. The van der Waals surface area contributed by atoms with Gasteiger partial charge in [0.1, 0.15) is 18.8 Å². The van der Waals surface area contributed by atoms with E-state index >= 15 is 0 Å². The monoisotopic (exact) mass is 654 g/mol. The van der Waals surface area contributed by atoms with E-state index in [0.29, 0.717) is 0 Å². The highest BCUT2D eigenvalue weighted by molar-refractivity contribution is 5.69. The van der Waals surface area contributed by atoms with E-state index in [0.717, 1.165) is 47.1 Å². The normalized spacial score (nSPS) is 29.0. The summed E-state index contributed by atoms with van der Waals surface area (Å²) < 4.78 is 56.4. The van der Waals surface area contributed by atoms with Crippen molar-refractivity contribution in [3.8, 4) is 0 Å². The van der Waals surface area contributed by atoms with Crippen LogP contribution >= 0.6 is 0 Å². The van der Waals surface area contributed by atoms with Gasteiger partial charge in [-0.2, -0.15) is 0 Å². The predicted molar refractivity (Wildman–Crippen MR) is 149 cm³/mol. The molecule has 0 N–H and O–H groups in total. The minimum atomic E-state index is -1.67. The summed E-state index contributed by atoms with van der Waals surface area (Å²) in [5.74, 6) is -4.71. The zero-order valence-electron chi connectivity index (χ0n) is 26.2. The molecule has 0 bridgehead atoms. The summed E-state index contributed by atoms with van der Waals surface area (Å²) in [6.07, 6.45) is -12.8. The van der Waals surface area contributed by atoms with E-state index in [1.165, 1.54) is 0 Å². The van der Waals surface area contributed by atoms with E-state index in [9.17, 15) is 28.8 Å². The third-order valence-electron chi connectivity index (χ3n) is 6.50. The van der Waals surface area contributed by atoms with Crippen molar-refractivity contribution in [3.63, 3.8) is 0 Å². The molecule has 9 atom stereocenters. The fourth-order valence-electron chi connectivity index (χ4n) is 4.89. The van der Waals surface area contributed by atoms with Crippen molar-refractivity contribution in [2.45, 2.75) is 103 Å². The molecule has 0 saturated carbocycles. The maximum Gasteiger partial charge on any atom is 0.303 e. The molecule has 0 aliphatic carbocycles. The Balaban J connectivity index is 2.04. The zero-order valence-corrected chi connectivity index (χ0v) is 26.2. The first-order valence-corrected chi connectivity index (χ1v) is 14.3. The number of hydrogen-bond donors (Lipinski definition) is 0. The molecule has 0 radical (unpaired) electrons. The van der Waals surface area contributed by atoms with E-state index in [1.54, 1.807) is 24.3 Å². The van der Waals surface area contributed by atoms with Crippen LogP contribution in [0.25, 0.3) is 0 Å². The van der Waals surface area contributed by atoms with Gasteiger partial charge in [0, 0.05) is 41.5 Å². The van der Waals surface area contributed by atoms with E-state index < -0.39 is 97.7 Å². The van der Waals surface area contributed by atoms with E-state index in [-0.39, 0.29) is 13.2 Å². The lowest BCUT2D eigenvalue weighted by atomic mass is 9.97. The second-order valence-corrected chi connectivity index (χ2v) is 10.4. The number of hydrogen-bond acceptors (Lipinski definition) is 16. The van der Waals surface area contributed by atoms with Crippen LogP contribution in [-0.4, -0.2) is 104 Å². The average Bonchev–Trinajstić information content (AvgIpc) is 2.95. The molecule has 0 spiro atoms. The minimum Gasteiger partial charge on any atom is -0.463 e. The lowest BCUT2D eigenvalue weighted by molar-refractivity contribution is -0.352. The van der Waals surface area contributed by atoms with Crippen LogP contribution in [0.1, 0.15) is 47.1 Å². The molecule has 2 saturated heterocycles. The quantitative estimate of drug-likeness (QED) is 0.227. The van der Waals surface area contributed by atoms with E-state index in [4.69, 9.17) is 47.4 Å². The smallest absolute Gasteiger partial charge is 0.303 e. The highest BCUT2D eigenvalue weighted by Crippen LogP contribution is 2.34. The van der Waals surface area contributed by atoms with Gasteiger partial charge in [-0.15, -0.1) is 0 Å². The molecule has 46 heavy (non-hydrogen) atoms. The summed E-state index contributed by atoms with van der Waals surface area (Å²) in [4.78, 5) is 72.6. The van der Waals surface area contributed by atoms with Crippen LogP contribution in [0.2, 0.25) is 0 Å². The molecule has 254 valence electrons. The van der Waals surface area contributed by atoms with Crippen molar-refractivity contribution in [2.75, 3.05) is 13.2 Å². The molecule has 0 aromatic heterocycles. The van der Waals surface area contributed by atoms with Crippen molar-refractivity contribution in [1.82, 2.24) is 0 Å². The third kappa shape index (κ3) is 10.8. The molecule has 2 aliphatic heterocycles. The van der Waals surface area contributed by atoms with Crippen LogP contribution in [0.15, 0.2) is 30.3 Å². The summed E-state index contributed by atoms with van der Waals surface area (Å²) in [6.45, 7) is 5.88. The Morgan fingerprint density at radius 3 is 1.70 bits per heavy atom. The Morgan fingerprint density at radius 2 is 1.15 bits per heavy atom. The average molecular weight is 655 g/mol. The van der Waals surface area contributed by atoms with E-state index in [1.807, 2.05) is 6.07 Å². The van der Waals surface area contributed by atoms with Crippen LogP contribution in [0.4, 0.5) is 0 Å². The largest absolute Gasteiger partial charge is 0.463 e. The lowest BCUT2D eigenvalue weighted by Gasteiger charge is -2.47. The summed E-state index contributed by atoms with van der Waals surface area (Å²) in [6, 6.07) is 9.03. The van der Waals surface area contributed by atoms with E-state index in [2.05, 4.69) is 0 Å². The molecule has 2 aliphatic rings. The van der Waals surface area contributed by atoms with Gasteiger partial charge in [-0.25, -0.2) is 0 Å². The Labute approximate surface area is 264 Å². The van der Waals surface area contributed by atoms with Gasteiger partial charge in [-0.3, -0.25) is 28.8 Å². The fraction of sp³-hybridized carbons (Fsp3) is 0.600. The lowest BCUT2D eigenvalue weighted by Crippen LogP contribution is -2.65. The van der Waals surface area contributed by atoms with Crippen LogP contribution in [0.5, 0.6) is 0 Å². The molecule has 1 aromatic rings. The summed E-state index contributed by atoms with van der Waals surface area (Å²) in [5, 5.41) is 0. The van der Waals surface area contributed by atoms with Gasteiger partial charge >= 0.3 is 35.8 Å².